The molecular formula is C17H14N4OS. The molecule has 0 spiro atoms. The number of anilines is 1. The van der Waals surface area contributed by atoms with Crippen molar-refractivity contribution in [2.75, 3.05) is 31.2 Å². The molecule has 0 aliphatic carbocycles. The number of nitriles is 2. The fraction of sp³-hybridized carbons (Fsp3) is 0.235. The molecule has 1 aliphatic heterocycles. The molecule has 5 nitrogen and oxygen atoms in total. The van der Waals surface area contributed by atoms with E-state index in [-0.39, 0.29) is 5.57 Å². The number of rotatable bonds is 3. The van der Waals surface area contributed by atoms with Crippen molar-refractivity contribution in [1.29, 1.82) is 10.5 Å². The monoisotopic (exact) mass is 322 g/mol. The Kier molecular flexibility index (Phi) is 4.68. The van der Waals surface area contributed by atoms with Gasteiger partial charge in [0.25, 0.3) is 0 Å². The Morgan fingerprint density at radius 2 is 1.83 bits per heavy atom. The Morgan fingerprint density at radius 1 is 1.13 bits per heavy atom. The first-order valence-corrected chi connectivity index (χ1v) is 8.04. The molecule has 2 heterocycles. The van der Waals surface area contributed by atoms with Crippen molar-refractivity contribution in [2.24, 2.45) is 0 Å². The van der Waals surface area contributed by atoms with E-state index in [1.807, 2.05) is 42.5 Å². The van der Waals surface area contributed by atoms with Crippen LogP contribution in [0, 0.1) is 22.7 Å². The molecule has 1 aromatic carbocycles. The summed E-state index contributed by atoms with van der Waals surface area (Å²) in [6.45, 7) is 3.00. The summed E-state index contributed by atoms with van der Waals surface area (Å²) in [5.74, 6) is 0. The second kappa shape index (κ2) is 7.06. The summed E-state index contributed by atoms with van der Waals surface area (Å²) in [6.07, 6.45) is 1.74. The van der Waals surface area contributed by atoms with Crippen molar-refractivity contribution >= 4 is 22.0 Å². The van der Waals surface area contributed by atoms with E-state index in [0.717, 1.165) is 28.7 Å². The van der Waals surface area contributed by atoms with E-state index >= 15 is 0 Å². The maximum Gasteiger partial charge on any atom is 0.186 e. The van der Waals surface area contributed by atoms with Crippen LogP contribution < -0.4 is 4.90 Å². The van der Waals surface area contributed by atoms with Gasteiger partial charge in [0.1, 0.15) is 17.7 Å². The lowest BCUT2D eigenvalue weighted by Crippen LogP contribution is -2.36. The molecule has 0 bridgehead atoms. The molecule has 0 saturated carbocycles. The largest absolute Gasteiger partial charge is 0.378 e. The number of morpholine rings is 1. The Morgan fingerprint density at radius 3 is 2.48 bits per heavy atom. The minimum absolute atomic E-state index is 0.105. The van der Waals surface area contributed by atoms with Crippen molar-refractivity contribution in [2.45, 2.75) is 0 Å². The van der Waals surface area contributed by atoms with Crippen molar-refractivity contribution in [3.8, 4) is 12.1 Å². The van der Waals surface area contributed by atoms with Crippen molar-refractivity contribution in [3.63, 3.8) is 0 Å². The smallest absolute Gasteiger partial charge is 0.186 e. The normalized spacial score (nSPS) is 13.9. The highest BCUT2D eigenvalue weighted by atomic mass is 32.1. The van der Waals surface area contributed by atoms with Gasteiger partial charge in [-0.1, -0.05) is 41.7 Å². The molecule has 0 amide bonds. The third-order valence-electron chi connectivity index (χ3n) is 3.56. The molecule has 2 aromatic rings. The van der Waals surface area contributed by atoms with Crippen LogP contribution in [0.5, 0.6) is 0 Å². The molecule has 6 heteroatoms. The lowest BCUT2D eigenvalue weighted by atomic mass is 10.0. The molecule has 0 N–H and O–H groups in total. The zero-order valence-electron chi connectivity index (χ0n) is 12.4. The van der Waals surface area contributed by atoms with E-state index in [1.54, 1.807) is 6.20 Å². The van der Waals surface area contributed by atoms with Crippen LogP contribution in [-0.2, 0) is 4.74 Å². The van der Waals surface area contributed by atoms with E-state index in [0.29, 0.717) is 18.8 Å². The fourth-order valence-corrected chi connectivity index (χ4v) is 3.47. The van der Waals surface area contributed by atoms with Gasteiger partial charge >= 0.3 is 0 Å². The Hall–Kier alpha value is -2.67. The van der Waals surface area contributed by atoms with Gasteiger partial charge in [0.05, 0.1) is 18.1 Å². The first-order valence-electron chi connectivity index (χ1n) is 7.22. The fourth-order valence-electron chi connectivity index (χ4n) is 2.43. The van der Waals surface area contributed by atoms with E-state index in [1.165, 1.54) is 11.3 Å². The van der Waals surface area contributed by atoms with E-state index < -0.39 is 0 Å². The summed E-state index contributed by atoms with van der Waals surface area (Å²) < 4.78 is 5.36. The summed E-state index contributed by atoms with van der Waals surface area (Å²) in [4.78, 5) is 7.47. The van der Waals surface area contributed by atoms with Gasteiger partial charge in [-0.3, -0.25) is 0 Å². The quantitative estimate of drug-likeness (QED) is 0.812. The minimum Gasteiger partial charge on any atom is -0.378 e. The third-order valence-corrected chi connectivity index (χ3v) is 4.63. The van der Waals surface area contributed by atoms with Crippen molar-refractivity contribution in [3.05, 3.63) is 52.5 Å². The maximum atomic E-state index is 9.30. The van der Waals surface area contributed by atoms with Gasteiger partial charge in [-0.05, 0) is 5.56 Å². The van der Waals surface area contributed by atoms with Crippen LogP contribution in [0.15, 0.2) is 42.1 Å². The molecule has 1 aromatic heterocycles. The van der Waals surface area contributed by atoms with Crippen LogP contribution in [0.4, 0.5) is 5.13 Å². The number of allylic oxidation sites excluding steroid dienone is 1. The van der Waals surface area contributed by atoms with Gasteiger partial charge in [0.2, 0.25) is 0 Å². The van der Waals surface area contributed by atoms with Crippen molar-refractivity contribution < 1.29 is 4.74 Å². The predicted molar refractivity (Wildman–Crippen MR) is 88.8 cm³/mol. The standard InChI is InChI=1S/C17H14N4OS/c18-10-14(11-19)16(13-4-2-1-3-5-13)15-12-20-17(23-15)21-6-8-22-9-7-21/h1-5,12H,6-9H2. The molecule has 23 heavy (non-hydrogen) atoms. The second-order valence-corrected chi connectivity index (χ2v) is 5.96. The van der Waals surface area contributed by atoms with Gasteiger partial charge in [0, 0.05) is 24.9 Å². The lowest BCUT2D eigenvalue weighted by Gasteiger charge is -2.26. The number of hydrogen-bond donors (Lipinski definition) is 0. The molecule has 1 aliphatic rings. The Bertz CT molecular complexity index is 776. The van der Waals surface area contributed by atoms with Crippen LogP contribution in [0.1, 0.15) is 10.4 Å². The molecule has 0 radical (unpaired) electrons. The molecule has 114 valence electrons. The van der Waals surface area contributed by atoms with E-state index in [4.69, 9.17) is 4.74 Å². The number of hydrogen-bond acceptors (Lipinski definition) is 6. The SMILES string of the molecule is N#CC(C#N)=C(c1ccccc1)c1cnc(N2CCOCC2)s1. The minimum atomic E-state index is 0.105. The highest BCUT2D eigenvalue weighted by Crippen LogP contribution is 2.34. The number of nitrogens with zero attached hydrogens (tertiary/aromatic N) is 4. The second-order valence-electron chi connectivity index (χ2n) is 4.95. The third kappa shape index (κ3) is 3.24. The molecular weight excluding hydrogens is 308 g/mol. The van der Waals surface area contributed by atoms with Gasteiger partial charge in [-0.25, -0.2) is 4.98 Å². The average Bonchev–Trinajstić information content (AvgIpc) is 3.10. The maximum absolute atomic E-state index is 9.30. The van der Waals surface area contributed by atoms with Crippen LogP contribution in [0.25, 0.3) is 5.57 Å². The molecule has 1 fully saturated rings. The van der Waals surface area contributed by atoms with Gasteiger partial charge in [0.15, 0.2) is 5.13 Å². The summed E-state index contributed by atoms with van der Waals surface area (Å²) >= 11 is 1.50. The zero-order chi connectivity index (χ0) is 16.1. The van der Waals surface area contributed by atoms with Gasteiger partial charge in [-0.2, -0.15) is 10.5 Å². The van der Waals surface area contributed by atoms with Crippen LogP contribution in [0.3, 0.4) is 0 Å². The molecule has 0 atom stereocenters. The molecule has 0 unspecified atom stereocenters. The van der Waals surface area contributed by atoms with Crippen LogP contribution >= 0.6 is 11.3 Å². The number of aromatic nitrogens is 1. The van der Waals surface area contributed by atoms with Crippen LogP contribution in [-0.4, -0.2) is 31.3 Å². The molecule has 3 rings (SSSR count). The number of ether oxygens (including phenoxy) is 1. The first-order chi connectivity index (χ1) is 11.3. The highest BCUT2D eigenvalue weighted by molar-refractivity contribution is 7.16. The van der Waals surface area contributed by atoms with E-state index in [2.05, 4.69) is 9.88 Å². The number of benzene rings is 1. The average molecular weight is 322 g/mol. The predicted octanol–water partition coefficient (Wildman–Crippen LogP) is 2.83. The molecule has 1 saturated heterocycles. The van der Waals surface area contributed by atoms with Gasteiger partial charge in [-0.15, -0.1) is 0 Å². The van der Waals surface area contributed by atoms with Gasteiger partial charge < -0.3 is 9.64 Å². The summed E-state index contributed by atoms with van der Waals surface area (Å²) in [7, 11) is 0. The summed E-state index contributed by atoms with van der Waals surface area (Å²) in [6, 6.07) is 13.5. The first kappa shape index (κ1) is 15.2. The summed E-state index contributed by atoms with van der Waals surface area (Å²) in [5, 5.41) is 19.5. The lowest BCUT2D eigenvalue weighted by molar-refractivity contribution is 0.122. The Balaban J connectivity index is 2.02. The summed E-state index contributed by atoms with van der Waals surface area (Å²) in [5.41, 5.74) is 1.60. The Labute approximate surface area is 138 Å². The number of thiazole rings is 1. The van der Waals surface area contributed by atoms with Crippen LogP contribution in [0.2, 0.25) is 0 Å². The van der Waals surface area contributed by atoms with Crippen molar-refractivity contribution in [1.82, 2.24) is 4.98 Å². The topological polar surface area (TPSA) is 72.9 Å². The zero-order valence-corrected chi connectivity index (χ0v) is 13.2. The highest BCUT2D eigenvalue weighted by Gasteiger charge is 2.19. The van der Waals surface area contributed by atoms with E-state index in [9.17, 15) is 10.5 Å².